The minimum absolute atomic E-state index is 0.0315. The Bertz CT molecular complexity index is 881. The van der Waals surface area contributed by atoms with Gasteiger partial charge in [-0.15, -0.1) is 24.9 Å². The smallest absolute Gasteiger partial charge is 0.247 e. The molecule has 4 fully saturated rings. The van der Waals surface area contributed by atoms with Crippen LogP contribution in [0.1, 0.15) is 25.7 Å². The number of nitrogens with zero attached hydrogens (tertiary/aromatic N) is 4. The highest BCUT2D eigenvalue weighted by Crippen LogP contribution is 2.66. The van der Waals surface area contributed by atoms with Gasteiger partial charge in [-0.1, -0.05) is 12.2 Å². The number of thioether (sulfide) groups is 1. The molecule has 0 aliphatic carbocycles. The maximum absolute atomic E-state index is 14.3. The summed E-state index contributed by atoms with van der Waals surface area (Å²) in [5.74, 6) is -1.08. The van der Waals surface area contributed by atoms with Crippen LogP contribution in [0.15, 0.2) is 25.3 Å². The molecule has 1 N–H and O–H groups in total. The Hall–Kier alpha value is -1.88. The number of hydrogen-bond donors (Lipinski definition) is 1. The lowest BCUT2D eigenvalue weighted by Gasteiger charge is -2.38. The summed E-state index contributed by atoms with van der Waals surface area (Å²) in [4.78, 5) is 49.3. The predicted molar refractivity (Wildman–Crippen MR) is 144 cm³/mol. The van der Waals surface area contributed by atoms with E-state index in [2.05, 4.69) is 18.1 Å². The van der Waals surface area contributed by atoms with Crippen molar-refractivity contribution in [2.24, 2.45) is 11.8 Å². The van der Waals surface area contributed by atoms with Crippen molar-refractivity contribution in [1.29, 1.82) is 0 Å². The number of rotatable bonds is 13. The van der Waals surface area contributed by atoms with Gasteiger partial charge in [-0.3, -0.25) is 19.3 Å². The van der Waals surface area contributed by atoms with Crippen LogP contribution in [0.25, 0.3) is 0 Å². The first-order chi connectivity index (χ1) is 17.9. The van der Waals surface area contributed by atoms with Crippen molar-refractivity contribution in [1.82, 2.24) is 19.6 Å². The summed E-state index contributed by atoms with van der Waals surface area (Å²) in [5, 5.41) is 9.40. The Labute approximate surface area is 224 Å². The lowest BCUT2D eigenvalue weighted by molar-refractivity contribution is -0.144. The van der Waals surface area contributed by atoms with Crippen LogP contribution in [0.2, 0.25) is 0 Å². The average molecular weight is 535 g/mol. The van der Waals surface area contributed by atoms with Gasteiger partial charge in [-0.05, 0) is 25.7 Å². The van der Waals surface area contributed by atoms with E-state index in [1.807, 2.05) is 4.90 Å². The lowest BCUT2D eigenvalue weighted by Crippen LogP contribution is -2.56. The van der Waals surface area contributed by atoms with E-state index in [1.165, 1.54) is 0 Å². The van der Waals surface area contributed by atoms with Gasteiger partial charge < -0.3 is 24.5 Å². The van der Waals surface area contributed by atoms with Gasteiger partial charge in [-0.25, -0.2) is 0 Å². The lowest BCUT2D eigenvalue weighted by atomic mass is 9.70. The summed E-state index contributed by atoms with van der Waals surface area (Å²) >= 11 is 1.70. The predicted octanol–water partition coefficient (Wildman–Crippen LogP) is 0.841. The molecule has 2 bridgehead atoms. The minimum Gasteiger partial charge on any atom is -0.396 e. The Kier molecular flexibility index (Phi) is 9.37. The molecule has 0 radical (unpaired) electrons. The number of unbranched alkanes of at least 4 members (excludes halogenated alkanes) is 1. The van der Waals surface area contributed by atoms with Crippen LogP contribution >= 0.6 is 11.8 Å². The highest BCUT2D eigenvalue weighted by atomic mass is 32.2. The molecule has 4 aliphatic rings. The zero-order chi connectivity index (χ0) is 26.6. The molecule has 3 amide bonds. The van der Waals surface area contributed by atoms with Crippen molar-refractivity contribution in [3.63, 3.8) is 0 Å². The molecular formula is C27H42N4O5S. The van der Waals surface area contributed by atoms with Gasteiger partial charge in [0.05, 0.1) is 29.8 Å². The van der Waals surface area contributed by atoms with Gasteiger partial charge in [-0.2, -0.15) is 0 Å². The SMILES string of the molecule is C=CCN(C)C(=O)[C@@H]1[C@@H]2CCC3(S2)C(C(=O)N(CC=C)CCN2CCOCC2)N(CCCCO)C(=O)[C@H]13. The number of carbonyl (C=O) groups is 3. The number of morpholine rings is 1. The van der Waals surface area contributed by atoms with E-state index in [0.717, 1.165) is 32.5 Å². The van der Waals surface area contributed by atoms with Gasteiger partial charge in [0, 0.05) is 64.7 Å². The van der Waals surface area contributed by atoms with Crippen molar-refractivity contribution >= 4 is 29.5 Å². The zero-order valence-corrected chi connectivity index (χ0v) is 22.9. The number of hydrogen-bond acceptors (Lipinski definition) is 7. The molecule has 1 spiro atoms. The summed E-state index contributed by atoms with van der Waals surface area (Å²) in [6, 6.07) is -0.606. The number of likely N-dealkylation sites (N-methyl/N-ethyl adjacent to an activating group) is 1. The molecule has 0 aromatic heterocycles. The minimum atomic E-state index is -0.606. The number of likely N-dealkylation sites (tertiary alicyclic amines) is 1. The summed E-state index contributed by atoms with van der Waals surface area (Å²) in [6.45, 7) is 13.3. The maximum atomic E-state index is 14.3. The molecule has 4 rings (SSSR count). The topological polar surface area (TPSA) is 93.6 Å². The van der Waals surface area contributed by atoms with Crippen molar-refractivity contribution in [3.8, 4) is 0 Å². The first kappa shape index (κ1) is 28.1. The van der Waals surface area contributed by atoms with E-state index in [0.29, 0.717) is 52.2 Å². The first-order valence-corrected chi connectivity index (χ1v) is 14.4. The number of aliphatic hydroxyl groups is 1. The van der Waals surface area contributed by atoms with Crippen LogP contribution in [0.4, 0.5) is 0 Å². The molecule has 10 heteroatoms. The third kappa shape index (κ3) is 5.35. The summed E-state index contributed by atoms with van der Waals surface area (Å²) in [5.41, 5.74) is 0. The van der Waals surface area contributed by atoms with Gasteiger partial charge >= 0.3 is 0 Å². The molecule has 5 atom stereocenters. The molecule has 2 unspecified atom stereocenters. The van der Waals surface area contributed by atoms with Crippen LogP contribution < -0.4 is 0 Å². The largest absolute Gasteiger partial charge is 0.396 e. The standard InChI is InChI=1S/C27H42N4O5S/c1-4-10-28(3)24(33)21-20-8-9-27(37-20)22(21)25(34)31(12-6-7-17-32)23(27)26(35)30(11-5-2)14-13-29-15-18-36-19-16-29/h4-5,20-23,32H,1-2,6-19H2,3H3/t20-,21+,22-,23?,27?/m0/s1. The van der Waals surface area contributed by atoms with Gasteiger partial charge in [0.1, 0.15) is 6.04 Å². The average Bonchev–Trinajstić information content (AvgIpc) is 3.54. The van der Waals surface area contributed by atoms with Crippen molar-refractivity contribution in [3.05, 3.63) is 25.3 Å². The Morgan fingerprint density at radius 3 is 2.57 bits per heavy atom. The van der Waals surface area contributed by atoms with Crippen LogP contribution in [0.5, 0.6) is 0 Å². The molecule has 4 heterocycles. The fraction of sp³-hybridized carbons (Fsp3) is 0.741. The van der Waals surface area contributed by atoms with Gasteiger partial charge in [0.25, 0.3) is 0 Å². The van der Waals surface area contributed by atoms with Crippen molar-refractivity contribution in [2.45, 2.75) is 41.7 Å². The summed E-state index contributed by atoms with van der Waals surface area (Å²) in [6.07, 6.45) is 6.21. The second-order valence-electron chi connectivity index (χ2n) is 10.6. The van der Waals surface area contributed by atoms with Crippen LogP contribution in [0, 0.1) is 11.8 Å². The summed E-state index contributed by atoms with van der Waals surface area (Å²) in [7, 11) is 1.76. The second-order valence-corrected chi connectivity index (χ2v) is 12.2. The Morgan fingerprint density at radius 1 is 1.16 bits per heavy atom. The van der Waals surface area contributed by atoms with E-state index < -0.39 is 22.6 Å². The molecular weight excluding hydrogens is 492 g/mol. The van der Waals surface area contributed by atoms with Crippen LogP contribution in [-0.4, -0.2) is 131 Å². The number of ether oxygens (including phenoxy) is 1. The molecule has 0 saturated carbocycles. The third-order valence-electron chi connectivity index (χ3n) is 8.36. The second kappa shape index (κ2) is 12.3. The van der Waals surface area contributed by atoms with Crippen molar-refractivity contribution < 1.29 is 24.2 Å². The quantitative estimate of drug-likeness (QED) is 0.277. The van der Waals surface area contributed by atoms with E-state index in [9.17, 15) is 19.5 Å². The van der Waals surface area contributed by atoms with E-state index >= 15 is 0 Å². The molecule has 37 heavy (non-hydrogen) atoms. The number of carbonyl (C=O) groups excluding carboxylic acids is 3. The molecule has 9 nitrogen and oxygen atoms in total. The normalized spacial score (nSPS) is 30.9. The van der Waals surface area contributed by atoms with Crippen LogP contribution in [0.3, 0.4) is 0 Å². The fourth-order valence-corrected chi connectivity index (χ4v) is 8.80. The fourth-order valence-electron chi connectivity index (χ4n) is 6.59. The van der Waals surface area contributed by atoms with Crippen LogP contribution in [-0.2, 0) is 19.1 Å². The van der Waals surface area contributed by atoms with Gasteiger partial charge in [0.2, 0.25) is 17.7 Å². The van der Waals surface area contributed by atoms with E-state index in [4.69, 9.17) is 4.74 Å². The Balaban J connectivity index is 1.61. The molecule has 4 saturated heterocycles. The first-order valence-electron chi connectivity index (χ1n) is 13.5. The van der Waals surface area contributed by atoms with E-state index in [-0.39, 0.29) is 29.6 Å². The molecule has 4 aliphatic heterocycles. The Morgan fingerprint density at radius 2 is 1.89 bits per heavy atom. The van der Waals surface area contributed by atoms with E-state index in [1.54, 1.807) is 40.8 Å². The zero-order valence-electron chi connectivity index (χ0n) is 22.1. The number of fused-ring (bicyclic) bond motifs is 1. The summed E-state index contributed by atoms with van der Waals surface area (Å²) < 4.78 is 4.87. The number of aliphatic hydroxyl groups excluding tert-OH is 1. The third-order valence-corrected chi connectivity index (χ3v) is 10.3. The molecule has 0 aromatic carbocycles. The highest BCUT2D eigenvalue weighted by molar-refractivity contribution is 8.02. The highest BCUT2D eigenvalue weighted by Gasteiger charge is 2.73. The molecule has 206 valence electrons. The maximum Gasteiger partial charge on any atom is 0.247 e. The monoisotopic (exact) mass is 534 g/mol. The number of amides is 3. The van der Waals surface area contributed by atoms with Crippen molar-refractivity contribution in [2.75, 3.05) is 72.7 Å². The van der Waals surface area contributed by atoms with Gasteiger partial charge in [0.15, 0.2) is 0 Å². The molecule has 0 aromatic rings.